The van der Waals surface area contributed by atoms with Gasteiger partial charge in [0.1, 0.15) is 10.4 Å². The highest BCUT2D eigenvalue weighted by molar-refractivity contribution is 7.21. The maximum atomic E-state index is 12.2. The summed E-state index contributed by atoms with van der Waals surface area (Å²) in [5.74, 6) is -0.479. The Labute approximate surface area is 176 Å². The zero-order chi connectivity index (χ0) is 21.1. The van der Waals surface area contributed by atoms with Gasteiger partial charge in [-0.3, -0.25) is 4.98 Å². The second-order valence-electron chi connectivity index (χ2n) is 6.43. The maximum absolute atomic E-state index is 12.2. The lowest BCUT2D eigenvalue weighted by Gasteiger charge is -2.09. The average molecular weight is 418 g/mol. The highest BCUT2D eigenvalue weighted by atomic mass is 32.1. The molecule has 7 nitrogen and oxygen atoms in total. The Balaban J connectivity index is 1.58. The molecule has 2 amide bonds. The zero-order valence-electron chi connectivity index (χ0n) is 16.0. The van der Waals surface area contributed by atoms with E-state index in [0.29, 0.717) is 27.5 Å². The molecule has 0 aliphatic carbocycles. The number of carbonyl (C=O) groups is 2. The fraction of sp³-hybridized carbons (Fsp3) is 0.0455. The van der Waals surface area contributed by atoms with Gasteiger partial charge in [-0.05, 0) is 35.9 Å². The Kier molecular flexibility index (Phi) is 5.32. The lowest BCUT2D eigenvalue weighted by atomic mass is 10.1. The van der Waals surface area contributed by atoms with E-state index >= 15 is 0 Å². The van der Waals surface area contributed by atoms with E-state index in [2.05, 4.69) is 15.6 Å². The predicted molar refractivity (Wildman–Crippen MR) is 120 cm³/mol. The number of pyridine rings is 1. The summed E-state index contributed by atoms with van der Waals surface area (Å²) in [4.78, 5) is 28.9. The van der Waals surface area contributed by atoms with Gasteiger partial charge in [0.15, 0.2) is 0 Å². The largest absolute Gasteiger partial charge is 0.465 e. The molecule has 0 saturated carbocycles. The highest BCUT2D eigenvalue weighted by Crippen LogP contribution is 2.35. The van der Waals surface area contributed by atoms with Crippen molar-refractivity contribution in [3.63, 3.8) is 0 Å². The van der Waals surface area contributed by atoms with Gasteiger partial charge in [0.25, 0.3) is 0 Å². The molecule has 0 aliphatic heterocycles. The van der Waals surface area contributed by atoms with Crippen LogP contribution in [0.5, 0.6) is 0 Å². The lowest BCUT2D eigenvalue weighted by Crippen LogP contribution is -2.19. The molecule has 0 radical (unpaired) electrons. The van der Waals surface area contributed by atoms with Gasteiger partial charge in [0.05, 0.1) is 17.5 Å². The third kappa shape index (κ3) is 3.94. The average Bonchev–Trinajstić information content (AvgIpc) is 3.10. The van der Waals surface area contributed by atoms with Crippen molar-refractivity contribution in [3.05, 3.63) is 71.7 Å². The van der Waals surface area contributed by atoms with Crippen molar-refractivity contribution < 1.29 is 14.3 Å². The smallest absolute Gasteiger partial charge is 0.350 e. The number of nitrogens with two attached hydrogens (primary N) is 1. The minimum absolute atomic E-state index is 0.321. The SMILES string of the molecule is COC(=O)c1sc2cc(-c3cccc(NC(=O)Nc4ccccc4)c3)cnc2c1N. The molecular formula is C22H18N4O3S. The number of nitrogen functional groups attached to an aromatic ring is 1. The highest BCUT2D eigenvalue weighted by Gasteiger charge is 2.18. The van der Waals surface area contributed by atoms with Crippen LogP contribution in [0.25, 0.3) is 21.3 Å². The van der Waals surface area contributed by atoms with Gasteiger partial charge < -0.3 is 21.1 Å². The molecule has 30 heavy (non-hydrogen) atoms. The number of ether oxygens (including phenoxy) is 1. The number of nitrogens with one attached hydrogen (secondary N) is 2. The number of para-hydroxylation sites is 1. The van der Waals surface area contributed by atoms with Crippen LogP contribution in [0.4, 0.5) is 21.9 Å². The van der Waals surface area contributed by atoms with Crippen LogP contribution < -0.4 is 16.4 Å². The van der Waals surface area contributed by atoms with Crippen LogP contribution in [0.3, 0.4) is 0 Å². The molecule has 150 valence electrons. The number of fused-ring (bicyclic) bond motifs is 1. The van der Waals surface area contributed by atoms with Crippen LogP contribution in [-0.2, 0) is 4.74 Å². The molecular weight excluding hydrogens is 400 g/mol. The Bertz CT molecular complexity index is 1240. The van der Waals surface area contributed by atoms with Crippen molar-refractivity contribution >= 4 is 50.6 Å². The third-order valence-corrected chi connectivity index (χ3v) is 5.54. The summed E-state index contributed by atoms with van der Waals surface area (Å²) in [6, 6.07) is 18.2. The molecule has 4 rings (SSSR count). The number of amides is 2. The first-order chi connectivity index (χ1) is 14.5. The first-order valence-electron chi connectivity index (χ1n) is 9.05. The number of hydrogen-bond donors (Lipinski definition) is 3. The summed E-state index contributed by atoms with van der Waals surface area (Å²) >= 11 is 1.24. The Hall–Kier alpha value is -3.91. The number of methoxy groups -OCH3 is 1. The fourth-order valence-electron chi connectivity index (χ4n) is 2.99. The second-order valence-corrected chi connectivity index (χ2v) is 7.49. The number of aromatic nitrogens is 1. The lowest BCUT2D eigenvalue weighted by molar-refractivity contribution is 0.0607. The molecule has 0 fully saturated rings. The molecule has 2 aromatic heterocycles. The molecule has 2 heterocycles. The normalized spacial score (nSPS) is 10.6. The van der Waals surface area contributed by atoms with Crippen LogP contribution in [0.2, 0.25) is 0 Å². The zero-order valence-corrected chi connectivity index (χ0v) is 16.8. The van der Waals surface area contributed by atoms with Gasteiger partial charge in [-0.25, -0.2) is 9.59 Å². The number of carbonyl (C=O) groups excluding carboxylic acids is 2. The third-order valence-electron chi connectivity index (χ3n) is 4.42. The molecule has 8 heteroatoms. The number of esters is 1. The first kappa shape index (κ1) is 19.4. The molecule has 0 aliphatic rings. The van der Waals surface area contributed by atoms with Crippen molar-refractivity contribution in [1.82, 2.24) is 4.98 Å². The number of rotatable bonds is 4. The summed E-state index contributed by atoms with van der Waals surface area (Å²) < 4.78 is 5.56. The standard InChI is InChI=1S/C22H18N4O3S/c1-29-21(27)20-18(23)19-17(30-20)11-14(12-24-19)13-6-5-9-16(10-13)26-22(28)25-15-7-3-2-4-8-15/h2-12H,23H2,1H3,(H2,25,26,28). The van der Waals surface area contributed by atoms with Gasteiger partial charge in [-0.15, -0.1) is 11.3 Å². The first-order valence-corrected chi connectivity index (χ1v) is 9.86. The Morgan fingerprint density at radius 3 is 2.47 bits per heavy atom. The maximum Gasteiger partial charge on any atom is 0.350 e. The van der Waals surface area contributed by atoms with Gasteiger partial charge in [-0.2, -0.15) is 0 Å². The molecule has 4 aromatic rings. The van der Waals surface area contributed by atoms with Crippen molar-refractivity contribution in [3.8, 4) is 11.1 Å². The van der Waals surface area contributed by atoms with Gasteiger partial charge >= 0.3 is 12.0 Å². The summed E-state index contributed by atoms with van der Waals surface area (Å²) in [7, 11) is 1.32. The van der Waals surface area contributed by atoms with Crippen LogP contribution in [-0.4, -0.2) is 24.1 Å². The van der Waals surface area contributed by atoms with Crippen molar-refractivity contribution in [2.45, 2.75) is 0 Å². The Morgan fingerprint density at radius 1 is 0.967 bits per heavy atom. The molecule has 0 unspecified atom stereocenters. The van der Waals surface area contributed by atoms with Crippen LogP contribution in [0.1, 0.15) is 9.67 Å². The quantitative estimate of drug-likeness (QED) is 0.406. The van der Waals surface area contributed by atoms with E-state index in [1.807, 2.05) is 54.6 Å². The molecule has 0 atom stereocenters. The van der Waals surface area contributed by atoms with Crippen LogP contribution >= 0.6 is 11.3 Å². The van der Waals surface area contributed by atoms with Crippen molar-refractivity contribution in [1.29, 1.82) is 0 Å². The van der Waals surface area contributed by atoms with E-state index in [-0.39, 0.29) is 6.03 Å². The molecule has 0 saturated heterocycles. The van der Waals surface area contributed by atoms with Crippen molar-refractivity contribution in [2.75, 3.05) is 23.5 Å². The number of benzene rings is 2. The van der Waals surface area contributed by atoms with E-state index in [0.717, 1.165) is 15.8 Å². The molecule has 4 N–H and O–H groups in total. The predicted octanol–water partition coefficient (Wildman–Crippen LogP) is 4.98. The van der Waals surface area contributed by atoms with E-state index in [1.54, 1.807) is 12.3 Å². The van der Waals surface area contributed by atoms with E-state index in [4.69, 9.17) is 10.5 Å². The monoisotopic (exact) mass is 418 g/mol. The minimum atomic E-state index is -0.479. The van der Waals surface area contributed by atoms with Gasteiger partial charge in [0.2, 0.25) is 0 Å². The number of urea groups is 1. The number of thiophene rings is 1. The number of hydrogen-bond acceptors (Lipinski definition) is 6. The molecule has 0 spiro atoms. The second kappa shape index (κ2) is 8.22. The summed E-state index contributed by atoms with van der Waals surface area (Å²) in [5.41, 5.74) is 9.99. The van der Waals surface area contributed by atoms with Crippen LogP contribution in [0, 0.1) is 0 Å². The molecule has 0 bridgehead atoms. The topological polar surface area (TPSA) is 106 Å². The minimum Gasteiger partial charge on any atom is -0.465 e. The van der Waals surface area contributed by atoms with Crippen LogP contribution in [0.15, 0.2) is 66.9 Å². The van der Waals surface area contributed by atoms with Gasteiger partial charge in [-0.1, -0.05) is 30.3 Å². The summed E-state index contributed by atoms with van der Waals surface area (Å²) in [5, 5.41) is 5.60. The Morgan fingerprint density at radius 2 is 1.70 bits per heavy atom. The van der Waals surface area contributed by atoms with E-state index < -0.39 is 5.97 Å². The summed E-state index contributed by atoms with van der Waals surface area (Å²) in [6.07, 6.45) is 1.69. The summed E-state index contributed by atoms with van der Waals surface area (Å²) in [6.45, 7) is 0. The number of anilines is 3. The van der Waals surface area contributed by atoms with E-state index in [1.165, 1.54) is 18.4 Å². The fourth-order valence-corrected chi connectivity index (χ4v) is 4.03. The van der Waals surface area contributed by atoms with Gasteiger partial charge in [0, 0.05) is 23.1 Å². The molecule has 2 aromatic carbocycles. The van der Waals surface area contributed by atoms with Crippen molar-refractivity contribution in [2.24, 2.45) is 0 Å². The number of nitrogens with zero attached hydrogens (tertiary/aromatic N) is 1. The van der Waals surface area contributed by atoms with E-state index in [9.17, 15) is 9.59 Å².